The predicted molar refractivity (Wildman–Crippen MR) is 81.0 cm³/mol. The van der Waals surface area contributed by atoms with E-state index in [0.717, 1.165) is 12.8 Å². The molecule has 0 fully saturated rings. The highest BCUT2D eigenvalue weighted by atomic mass is 32.1. The molecule has 0 spiro atoms. The number of ether oxygens (including phenoxy) is 1. The largest absolute Gasteiger partial charge is 0.464 e. The van der Waals surface area contributed by atoms with Gasteiger partial charge in [0.1, 0.15) is 6.54 Å². The first-order valence-electron chi connectivity index (χ1n) is 7.09. The lowest BCUT2D eigenvalue weighted by Gasteiger charge is -2.15. The van der Waals surface area contributed by atoms with Gasteiger partial charge in [-0.3, -0.25) is 9.59 Å². The van der Waals surface area contributed by atoms with Gasteiger partial charge in [0.25, 0.3) is 5.91 Å². The standard InChI is InChI=1S/C15H23NO3S/c1-3-4-5-6-7-10-19-14(17)12-16(2)15(18)13-9-8-11-20-13/h8-9,11H,3-7,10,12H2,1-2H3. The maximum atomic E-state index is 11.9. The van der Waals surface area contributed by atoms with Crippen molar-refractivity contribution in [2.75, 3.05) is 20.2 Å². The first-order valence-corrected chi connectivity index (χ1v) is 7.97. The molecule has 1 aromatic rings. The van der Waals surface area contributed by atoms with Crippen LogP contribution >= 0.6 is 11.3 Å². The highest BCUT2D eigenvalue weighted by Gasteiger charge is 2.16. The van der Waals surface area contributed by atoms with Crippen molar-refractivity contribution < 1.29 is 14.3 Å². The van der Waals surface area contributed by atoms with E-state index in [2.05, 4.69) is 6.92 Å². The van der Waals surface area contributed by atoms with Crippen LogP contribution in [-0.4, -0.2) is 37.0 Å². The SMILES string of the molecule is CCCCCCCOC(=O)CN(C)C(=O)c1cccs1. The van der Waals surface area contributed by atoms with E-state index in [9.17, 15) is 9.59 Å². The third-order valence-electron chi connectivity index (χ3n) is 2.96. The first-order chi connectivity index (χ1) is 9.65. The fourth-order valence-electron chi connectivity index (χ4n) is 1.79. The number of thiophene rings is 1. The van der Waals surface area contributed by atoms with Gasteiger partial charge in [-0.1, -0.05) is 38.7 Å². The van der Waals surface area contributed by atoms with Crippen LogP contribution < -0.4 is 0 Å². The molecule has 0 aliphatic carbocycles. The molecule has 0 unspecified atom stereocenters. The molecule has 0 aromatic carbocycles. The summed E-state index contributed by atoms with van der Waals surface area (Å²) < 4.78 is 5.13. The average Bonchev–Trinajstić information content (AvgIpc) is 2.95. The van der Waals surface area contributed by atoms with Gasteiger partial charge in [0, 0.05) is 7.05 Å². The molecule has 0 saturated carbocycles. The lowest BCUT2D eigenvalue weighted by Crippen LogP contribution is -2.32. The molecule has 0 saturated heterocycles. The van der Waals surface area contributed by atoms with E-state index < -0.39 is 0 Å². The minimum absolute atomic E-state index is 0.00565. The van der Waals surface area contributed by atoms with E-state index >= 15 is 0 Å². The van der Waals surface area contributed by atoms with Gasteiger partial charge in [-0.25, -0.2) is 0 Å². The maximum Gasteiger partial charge on any atom is 0.325 e. The fraction of sp³-hybridized carbons (Fsp3) is 0.600. The zero-order valence-electron chi connectivity index (χ0n) is 12.3. The van der Waals surface area contributed by atoms with Crippen LogP contribution in [0.15, 0.2) is 17.5 Å². The third-order valence-corrected chi connectivity index (χ3v) is 3.81. The number of amides is 1. The Labute approximate surface area is 124 Å². The highest BCUT2D eigenvalue weighted by Crippen LogP contribution is 2.11. The summed E-state index contributed by atoms with van der Waals surface area (Å²) in [6.07, 6.45) is 5.60. The Morgan fingerprint density at radius 2 is 2.00 bits per heavy atom. The quantitative estimate of drug-likeness (QED) is 0.519. The minimum atomic E-state index is -0.340. The third kappa shape index (κ3) is 6.19. The second-order valence-corrected chi connectivity index (χ2v) is 5.72. The zero-order valence-corrected chi connectivity index (χ0v) is 13.1. The van der Waals surface area contributed by atoms with Gasteiger partial charge in [-0.2, -0.15) is 0 Å². The maximum absolute atomic E-state index is 11.9. The molecule has 1 amide bonds. The Kier molecular flexibility index (Phi) is 7.95. The van der Waals surface area contributed by atoms with Crippen molar-refractivity contribution in [3.63, 3.8) is 0 Å². The first kappa shape index (κ1) is 16.7. The van der Waals surface area contributed by atoms with Crippen molar-refractivity contribution in [1.82, 2.24) is 4.90 Å². The fourth-order valence-corrected chi connectivity index (χ4v) is 2.51. The molecule has 4 nitrogen and oxygen atoms in total. The number of rotatable bonds is 9. The summed E-state index contributed by atoms with van der Waals surface area (Å²) in [5, 5.41) is 1.84. The minimum Gasteiger partial charge on any atom is -0.464 e. The molecule has 20 heavy (non-hydrogen) atoms. The average molecular weight is 297 g/mol. The summed E-state index contributed by atoms with van der Waals surface area (Å²) in [4.78, 5) is 25.6. The van der Waals surface area contributed by atoms with Gasteiger partial charge >= 0.3 is 5.97 Å². The molecule has 1 rings (SSSR count). The Hall–Kier alpha value is -1.36. The molecule has 0 aliphatic heterocycles. The number of hydrogen-bond donors (Lipinski definition) is 0. The van der Waals surface area contributed by atoms with E-state index in [4.69, 9.17) is 4.74 Å². The summed E-state index contributed by atoms with van der Waals surface area (Å²) in [6, 6.07) is 3.57. The summed E-state index contributed by atoms with van der Waals surface area (Å²) in [7, 11) is 1.62. The van der Waals surface area contributed by atoms with E-state index in [1.807, 2.05) is 11.4 Å². The van der Waals surface area contributed by atoms with Gasteiger partial charge in [-0.05, 0) is 17.9 Å². The number of likely N-dealkylation sites (N-methyl/N-ethyl adjacent to an activating group) is 1. The lowest BCUT2D eigenvalue weighted by atomic mass is 10.2. The Morgan fingerprint density at radius 3 is 2.65 bits per heavy atom. The number of nitrogens with zero attached hydrogens (tertiary/aromatic N) is 1. The van der Waals surface area contributed by atoms with Gasteiger partial charge < -0.3 is 9.64 Å². The van der Waals surface area contributed by atoms with E-state index in [0.29, 0.717) is 11.5 Å². The molecule has 0 atom stereocenters. The van der Waals surface area contributed by atoms with Crippen LogP contribution in [0.4, 0.5) is 0 Å². The van der Waals surface area contributed by atoms with Gasteiger partial charge in [0.15, 0.2) is 0 Å². The van der Waals surface area contributed by atoms with Crippen molar-refractivity contribution in [1.29, 1.82) is 0 Å². The second kappa shape index (κ2) is 9.53. The van der Waals surface area contributed by atoms with Crippen molar-refractivity contribution in [2.24, 2.45) is 0 Å². The molecule has 0 bridgehead atoms. The lowest BCUT2D eigenvalue weighted by molar-refractivity contribution is -0.144. The van der Waals surface area contributed by atoms with Crippen LogP contribution in [0, 0.1) is 0 Å². The second-order valence-electron chi connectivity index (χ2n) is 4.77. The van der Waals surface area contributed by atoms with Gasteiger partial charge in [-0.15, -0.1) is 11.3 Å². The van der Waals surface area contributed by atoms with Gasteiger partial charge in [0.05, 0.1) is 11.5 Å². The van der Waals surface area contributed by atoms with E-state index in [1.54, 1.807) is 13.1 Å². The summed E-state index contributed by atoms with van der Waals surface area (Å²) in [6.45, 7) is 2.62. The van der Waals surface area contributed by atoms with Crippen molar-refractivity contribution in [3.05, 3.63) is 22.4 Å². The molecule has 112 valence electrons. The van der Waals surface area contributed by atoms with Crippen LogP contribution in [0.3, 0.4) is 0 Å². The molecular formula is C15H23NO3S. The smallest absolute Gasteiger partial charge is 0.325 e. The van der Waals surface area contributed by atoms with Crippen molar-refractivity contribution in [2.45, 2.75) is 39.0 Å². The molecule has 0 N–H and O–H groups in total. The summed E-state index contributed by atoms with van der Waals surface area (Å²) in [5.74, 6) is -0.479. The summed E-state index contributed by atoms with van der Waals surface area (Å²) >= 11 is 1.37. The van der Waals surface area contributed by atoms with Crippen LogP contribution in [0.5, 0.6) is 0 Å². The number of unbranched alkanes of at least 4 members (excludes halogenated alkanes) is 4. The predicted octanol–water partition coefficient (Wildman–Crippen LogP) is 3.33. The molecule has 1 aromatic heterocycles. The zero-order chi connectivity index (χ0) is 14.8. The highest BCUT2D eigenvalue weighted by molar-refractivity contribution is 7.12. The Morgan fingerprint density at radius 1 is 1.25 bits per heavy atom. The van der Waals surface area contributed by atoms with E-state index in [-0.39, 0.29) is 18.4 Å². The number of hydrogen-bond acceptors (Lipinski definition) is 4. The van der Waals surface area contributed by atoms with Crippen LogP contribution in [0.1, 0.15) is 48.7 Å². The van der Waals surface area contributed by atoms with Crippen LogP contribution in [0.2, 0.25) is 0 Å². The van der Waals surface area contributed by atoms with E-state index in [1.165, 1.54) is 35.5 Å². The molecule has 0 radical (unpaired) electrons. The Balaban J connectivity index is 2.17. The number of esters is 1. The van der Waals surface area contributed by atoms with Crippen LogP contribution in [0.25, 0.3) is 0 Å². The monoisotopic (exact) mass is 297 g/mol. The molecule has 5 heteroatoms. The number of carbonyl (C=O) groups is 2. The number of carbonyl (C=O) groups excluding carboxylic acids is 2. The molecule has 1 heterocycles. The van der Waals surface area contributed by atoms with Gasteiger partial charge in [0.2, 0.25) is 0 Å². The normalized spacial score (nSPS) is 10.3. The summed E-state index contributed by atoms with van der Waals surface area (Å²) in [5.41, 5.74) is 0. The van der Waals surface area contributed by atoms with Crippen LogP contribution in [-0.2, 0) is 9.53 Å². The topological polar surface area (TPSA) is 46.6 Å². The molecular weight excluding hydrogens is 274 g/mol. The van der Waals surface area contributed by atoms with Crippen molar-refractivity contribution >= 4 is 23.2 Å². The Bertz CT molecular complexity index is 403. The molecule has 0 aliphatic rings. The van der Waals surface area contributed by atoms with Crippen molar-refractivity contribution in [3.8, 4) is 0 Å².